The largest absolute Gasteiger partial charge is 0.493 e. The van der Waals surface area contributed by atoms with Gasteiger partial charge in [0.05, 0.1) is 19.2 Å². The van der Waals surface area contributed by atoms with E-state index in [0.29, 0.717) is 29.4 Å². The number of hydrogen-bond donors (Lipinski definition) is 0. The molecule has 2 aliphatic rings. The predicted molar refractivity (Wildman–Crippen MR) is 94.3 cm³/mol. The van der Waals surface area contributed by atoms with Crippen molar-refractivity contribution in [1.82, 2.24) is 4.98 Å². The van der Waals surface area contributed by atoms with Gasteiger partial charge in [0, 0.05) is 34.5 Å². The molecule has 0 aliphatic heterocycles. The first-order valence-corrected chi connectivity index (χ1v) is 8.97. The number of thiazole rings is 1. The maximum absolute atomic E-state index is 12.7. The number of ether oxygens (including phenoxy) is 2. The number of rotatable bonds is 4. The Morgan fingerprint density at radius 1 is 1.21 bits per heavy atom. The van der Waals surface area contributed by atoms with Crippen LogP contribution >= 0.6 is 11.3 Å². The molecule has 4 rings (SSSR count). The topological polar surface area (TPSA) is 48.4 Å². The smallest absolute Gasteiger partial charge is 0.189 e. The number of aromatic nitrogens is 1. The second kappa shape index (κ2) is 6.06. The summed E-state index contributed by atoms with van der Waals surface area (Å²) in [7, 11) is 3.19. The molecule has 0 radical (unpaired) electrons. The molecule has 24 heavy (non-hydrogen) atoms. The molecule has 1 aromatic carbocycles. The van der Waals surface area contributed by atoms with Crippen LogP contribution in [0.5, 0.6) is 11.5 Å². The predicted octanol–water partition coefficient (Wildman–Crippen LogP) is 4.25. The lowest BCUT2D eigenvalue weighted by atomic mass is 9.86. The third-order valence-corrected chi connectivity index (χ3v) is 5.95. The number of benzene rings is 1. The summed E-state index contributed by atoms with van der Waals surface area (Å²) >= 11 is 1.71. The number of carbonyl (C=O) groups is 1. The third kappa shape index (κ3) is 2.53. The highest BCUT2D eigenvalue weighted by Gasteiger charge is 2.28. The third-order valence-electron chi connectivity index (χ3n) is 4.84. The maximum atomic E-state index is 12.7. The van der Waals surface area contributed by atoms with Crippen molar-refractivity contribution in [2.24, 2.45) is 0 Å². The minimum absolute atomic E-state index is 0.0737. The molecule has 0 N–H and O–H groups in total. The van der Waals surface area contributed by atoms with E-state index in [-0.39, 0.29) is 5.78 Å². The molecule has 1 heterocycles. The Morgan fingerprint density at radius 2 is 1.96 bits per heavy atom. The molecule has 2 aromatic rings. The monoisotopic (exact) mass is 341 g/mol. The molecule has 0 bridgehead atoms. The number of methoxy groups -OCH3 is 2. The van der Waals surface area contributed by atoms with Crippen LogP contribution < -0.4 is 9.47 Å². The van der Waals surface area contributed by atoms with Gasteiger partial charge >= 0.3 is 0 Å². The van der Waals surface area contributed by atoms with Gasteiger partial charge in [-0.1, -0.05) is 6.42 Å². The second-order valence-electron chi connectivity index (χ2n) is 6.27. The highest BCUT2D eigenvalue weighted by molar-refractivity contribution is 7.12. The fourth-order valence-electron chi connectivity index (χ4n) is 3.24. The van der Waals surface area contributed by atoms with Crippen LogP contribution in [0.25, 0.3) is 6.08 Å². The van der Waals surface area contributed by atoms with Crippen LogP contribution in [0.3, 0.4) is 0 Å². The fourth-order valence-corrected chi connectivity index (χ4v) is 4.29. The van der Waals surface area contributed by atoms with Crippen LogP contribution in [-0.2, 0) is 6.42 Å². The quantitative estimate of drug-likeness (QED) is 0.780. The lowest BCUT2D eigenvalue weighted by molar-refractivity contribution is 0.104. The van der Waals surface area contributed by atoms with Gasteiger partial charge in [-0.25, -0.2) is 4.98 Å². The summed E-state index contributed by atoms with van der Waals surface area (Å²) in [6, 6.07) is 3.68. The number of fused-ring (bicyclic) bond motifs is 1. The van der Waals surface area contributed by atoms with Crippen LogP contribution in [0.15, 0.2) is 23.9 Å². The van der Waals surface area contributed by atoms with Crippen molar-refractivity contribution in [1.29, 1.82) is 0 Å². The molecule has 0 amide bonds. The van der Waals surface area contributed by atoms with E-state index < -0.39 is 0 Å². The Kier molecular flexibility index (Phi) is 3.88. The molecule has 1 aromatic heterocycles. The van der Waals surface area contributed by atoms with E-state index in [4.69, 9.17) is 9.47 Å². The van der Waals surface area contributed by atoms with Gasteiger partial charge < -0.3 is 9.47 Å². The highest BCUT2D eigenvalue weighted by Crippen LogP contribution is 2.40. The van der Waals surface area contributed by atoms with Crippen LogP contribution in [-0.4, -0.2) is 25.0 Å². The number of carbonyl (C=O) groups excluding carboxylic acids is 1. The molecule has 0 unspecified atom stereocenters. The zero-order chi connectivity index (χ0) is 16.7. The van der Waals surface area contributed by atoms with E-state index >= 15 is 0 Å². The van der Waals surface area contributed by atoms with Gasteiger partial charge in [0.25, 0.3) is 0 Å². The van der Waals surface area contributed by atoms with Crippen molar-refractivity contribution in [3.63, 3.8) is 0 Å². The molecule has 1 saturated carbocycles. The lowest BCUT2D eigenvalue weighted by Crippen LogP contribution is -2.07. The molecule has 124 valence electrons. The number of allylic oxidation sites excluding steroid dienone is 1. The van der Waals surface area contributed by atoms with Crippen LogP contribution in [0.1, 0.15) is 51.0 Å². The fraction of sp³-hybridized carbons (Fsp3) is 0.368. The van der Waals surface area contributed by atoms with Gasteiger partial charge in [-0.2, -0.15) is 0 Å². The van der Waals surface area contributed by atoms with Crippen LogP contribution in [0.4, 0.5) is 0 Å². The van der Waals surface area contributed by atoms with Gasteiger partial charge in [-0.15, -0.1) is 11.3 Å². The van der Waals surface area contributed by atoms with E-state index in [2.05, 4.69) is 4.98 Å². The van der Waals surface area contributed by atoms with Crippen molar-refractivity contribution in [3.8, 4) is 11.5 Å². The summed E-state index contributed by atoms with van der Waals surface area (Å²) in [5.41, 5.74) is 2.51. The average molecular weight is 341 g/mol. The molecule has 5 heteroatoms. The standard InChI is InChI=1S/C19H19NO3S/c1-22-16-8-12-6-13(18(21)15(12)9-17(16)23-2)7-14-10-20-19(24-14)11-4-3-5-11/h7-11H,3-6H2,1-2H3/b13-7+. The zero-order valence-electron chi connectivity index (χ0n) is 13.8. The summed E-state index contributed by atoms with van der Waals surface area (Å²) in [6.07, 6.45) is 8.30. The summed E-state index contributed by atoms with van der Waals surface area (Å²) in [6.45, 7) is 0. The van der Waals surface area contributed by atoms with E-state index in [1.54, 1.807) is 31.6 Å². The minimum atomic E-state index is 0.0737. The van der Waals surface area contributed by atoms with Gasteiger partial charge in [0.2, 0.25) is 0 Å². The Balaban J connectivity index is 1.63. The summed E-state index contributed by atoms with van der Waals surface area (Å²) < 4.78 is 10.6. The Morgan fingerprint density at radius 3 is 2.62 bits per heavy atom. The van der Waals surface area contributed by atoms with Crippen molar-refractivity contribution in [2.75, 3.05) is 14.2 Å². The minimum Gasteiger partial charge on any atom is -0.493 e. The zero-order valence-corrected chi connectivity index (χ0v) is 14.6. The van der Waals surface area contributed by atoms with Crippen molar-refractivity contribution >= 4 is 23.2 Å². The number of nitrogens with zero attached hydrogens (tertiary/aromatic N) is 1. The molecule has 4 nitrogen and oxygen atoms in total. The van der Waals surface area contributed by atoms with E-state index in [9.17, 15) is 4.79 Å². The summed E-state index contributed by atoms with van der Waals surface area (Å²) in [5, 5.41) is 1.21. The van der Waals surface area contributed by atoms with Gasteiger partial charge in [-0.3, -0.25) is 4.79 Å². The first kappa shape index (κ1) is 15.4. The second-order valence-corrected chi connectivity index (χ2v) is 7.36. The molecular weight excluding hydrogens is 322 g/mol. The highest BCUT2D eigenvalue weighted by atomic mass is 32.1. The molecule has 2 aliphatic carbocycles. The van der Waals surface area contributed by atoms with Gasteiger partial charge in [0.1, 0.15) is 0 Å². The number of Topliss-reactive ketones (excluding diaryl/α,β-unsaturated/α-hetero) is 1. The van der Waals surface area contributed by atoms with Crippen LogP contribution in [0, 0.1) is 0 Å². The van der Waals surface area contributed by atoms with Crippen molar-refractivity contribution in [3.05, 3.63) is 44.9 Å². The molecular formula is C19H19NO3S. The molecule has 1 fully saturated rings. The summed E-state index contributed by atoms with van der Waals surface area (Å²) in [5.74, 6) is 1.96. The van der Waals surface area contributed by atoms with Gasteiger partial charge in [-0.05, 0) is 36.6 Å². The maximum Gasteiger partial charge on any atom is 0.189 e. The average Bonchev–Trinajstić information content (AvgIpc) is 3.10. The van der Waals surface area contributed by atoms with E-state index in [0.717, 1.165) is 16.0 Å². The van der Waals surface area contributed by atoms with Crippen molar-refractivity contribution in [2.45, 2.75) is 31.6 Å². The number of hydrogen-bond acceptors (Lipinski definition) is 5. The van der Waals surface area contributed by atoms with Crippen molar-refractivity contribution < 1.29 is 14.3 Å². The number of ketones is 1. The van der Waals surface area contributed by atoms with E-state index in [1.807, 2.05) is 18.3 Å². The summed E-state index contributed by atoms with van der Waals surface area (Å²) in [4.78, 5) is 18.3. The Labute approximate surface area is 145 Å². The van der Waals surface area contributed by atoms with E-state index in [1.165, 1.54) is 24.3 Å². The molecule has 0 spiro atoms. The van der Waals surface area contributed by atoms with Crippen LogP contribution in [0.2, 0.25) is 0 Å². The lowest BCUT2D eigenvalue weighted by Gasteiger charge is -2.22. The molecule has 0 saturated heterocycles. The molecule has 0 atom stereocenters. The Bertz CT molecular complexity index is 833. The first-order valence-electron chi connectivity index (χ1n) is 8.15. The van der Waals surface area contributed by atoms with Gasteiger partial charge in [0.15, 0.2) is 17.3 Å². The first-order chi connectivity index (χ1) is 11.7. The Hall–Kier alpha value is -2.14. The SMILES string of the molecule is COc1cc2c(cc1OC)C(=O)/C(=C/c1cnc(C3CCC3)s1)C2. The normalized spacial score (nSPS) is 18.6.